The summed E-state index contributed by atoms with van der Waals surface area (Å²) in [7, 11) is 2.15. The Kier molecular flexibility index (Phi) is 10.9. The number of amides is 1. The van der Waals surface area contributed by atoms with Crippen molar-refractivity contribution in [3.8, 4) is 0 Å². The molecule has 0 aliphatic carbocycles. The number of carbonyl (C=O) groups is 1. The summed E-state index contributed by atoms with van der Waals surface area (Å²) < 4.78 is 14.7. The number of hydrogen-bond donors (Lipinski definition) is 3. The summed E-state index contributed by atoms with van der Waals surface area (Å²) in [5.74, 6) is 0.287. The topological polar surface area (TPSA) is 85.4 Å². The van der Waals surface area contributed by atoms with Gasteiger partial charge in [0.1, 0.15) is 0 Å². The Labute approximate surface area is 221 Å². The lowest BCUT2D eigenvalue weighted by molar-refractivity contribution is -0.121. The molecule has 1 fully saturated rings. The zero-order valence-electron chi connectivity index (χ0n) is 23.1. The van der Waals surface area contributed by atoms with Crippen molar-refractivity contribution in [1.29, 1.82) is 0 Å². The van der Waals surface area contributed by atoms with Crippen LogP contribution in [0.15, 0.2) is 24.4 Å². The third kappa shape index (κ3) is 8.84. The quantitative estimate of drug-likeness (QED) is 0.350. The van der Waals surface area contributed by atoms with Gasteiger partial charge >= 0.3 is 0 Å². The van der Waals surface area contributed by atoms with Gasteiger partial charge in [0, 0.05) is 56.6 Å². The summed E-state index contributed by atoms with van der Waals surface area (Å²) in [5.41, 5.74) is 3.24. The van der Waals surface area contributed by atoms with E-state index < -0.39 is 5.82 Å². The number of benzene rings is 1. The van der Waals surface area contributed by atoms with Gasteiger partial charge in [-0.1, -0.05) is 40.0 Å². The highest BCUT2D eigenvalue weighted by Gasteiger charge is 2.19. The fourth-order valence-electron chi connectivity index (χ4n) is 4.39. The van der Waals surface area contributed by atoms with Crippen molar-refractivity contribution >= 4 is 29.0 Å². The van der Waals surface area contributed by atoms with Gasteiger partial charge in [0.15, 0.2) is 11.6 Å². The smallest absolute Gasteiger partial charge is 0.229 e. The number of unbranched alkanes of at least 4 members (excludes halogenated alkanes) is 1. The molecule has 1 amide bonds. The molecule has 0 spiro atoms. The Morgan fingerprint density at radius 3 is 2.62 bits per heavy atom. The largest absolute Gasteiger partial charge is 0.369 e. The van der Waals surface area contributed by atoms with Gasteiger partial charge in [0.25, 0.3) is 0 Å². The number of carbonyl (C=O) groups excluding carboxylic acids is 1. The number of nitrogens with one attached hydrogen (secondary N) is 3. The molecule has 0 saturated carbocycles. The first-order chi connectivity index (χ1) is 17.8. The predicted octanol–water partition coefficient (Wildman–Crippen LogP) is 4.94. The molecule has 2 heterocycles. The van der Waals surface area contributed by atoms with Crippen molar-refractivity contribution in [3.05, 3.63) is 35.8 Å². The molecule has 1 aliphatic rings. The van der Waals surface area contributed by atoms with E-state index >= 15 is 0 Å². The van der Waals surface area contributed by atoms with Gasteiger partial charge in [-0.3, -0.25) is 4.79 Å². The minimum atomic E-state index is -0.534. The van der Waals surface area contributed by atoms with Gasteiger partial charge in [-0.15, -0.1) is 0 Å². The Hall–Kier alpha value is -2.94. The van der Waals surface area contributed by atoms with E-state index in [-0.39, 0.29) is 24.2 Å². The summed E-state index contributed by atoms with van der Waals surface area (Å²) in [6.07, 6.45) is 5.14. The maximum Gasteiger partial charge on any atom is 0.229 e. The number of piperazine rings is 1. The monoisotopic (exact) mass is 513 g/mol. The number of nitrogens with zero attached hydrogens (tertiary/aromatic N) is 4. The van der Waals surface area contributed by atoms with Gasteiger partial charge in [0.2, 0.25) is 11.9 Å². The van der Waals surface area contributed by atoms with Crippen molar-refractivity contribution in [3.63, 3.8) is 0 Å². The molecule has 1 aromatic carbocycles. The van der Waals surface area contributed by atoms with Crippen LogP contribution in [-0.2, 0) is 4.79 Å². The van der Waals surface area contributed by atoms with E-state index in [1.54, 1.807) is 0 Å². The number of hydrogen-bond acceptors (Lipinski definition) is 7. The maximum absolute atomic E-state index is 14.7. The first kappa shape index (κ1) is 28.6. The van der Waals surface area contributed by atoms with Crippen LogP contribution in [0, 0.1) is 18.7 Å². The third-order valence-electron chi connectivity index (χ3n) is 7.06. The van der Waals surface area contributed by atoms with Crippen LogP contribution >= 0.6 is 0 Å². The third-order valence-corrected chi connectivity index (χ3v) is 7.06. The van der Waals surface area contributed by atoms with Crippen molar-refractivity contribution in [1.82, 2.24) is 20.2 Å². The Balaban J connectivity index is 1.66. The minimum Gasteiger partial charge on any atom is -0.369 e. The molecule has 0 radical (unpaired) electrons. The molecule has 2 unspecified atom stereocenters. The van der Waals surface area contributed by atoms with E-state index in [0.717, 1.165) is 63.1 Å². The molecular formula is C28H44FN7O. The normalized spacial score (nSPS) is 15.8. The van der Waals surface area contributed by atoms with E-state index in [4.69, 9.17) is 0 Å². The lowest BCUT2D eigenvalue weighted by Crippen LogP contribution is -2.44. The zero-order chi connectivity index (χ0) is 26.8. The summed E-state index contributed by atoms with van der Waals surface area (Å²) in [6.45, 7) is 13.2. The number of aryl methyl sites for hydroxylation is 1. The van der Waals surface area contributed by atoms with Crippen LogP contribution in [0.5, 0.6) is 0 Å². The summed E-state index contributed by atoms with van der Waals surface area (Å²) in [5, 5.41) is 9.38. The Morgan fingerprint density at radius 1 is 1.19 bits per heavy atom. The molecule has 1 aliphatic heterocycles. The lowest BCUT2D eigenvalue weighted by atomic mass is 10.1. The molecule has 3 N–H and O–H groups in total. The highest BCUT2D eigenvalue weighted by atomic mass is 19.1. The van der Waals surface area contributed by atoms with E-state index in [9.17, 15) is 9.18 Å². The molecular weight excluding hydrogens is 469 g/mol. The van der Waals surface area contributed by atoms with Gasteiger partial charge < -0.3 is 25.8 Å². The summed E-state index contributed by atoms with van der Waals surface area (Å²) in [6, 6.07) is 5.98. The van der Waals surface area contributed by atoms with Crippen LogP contribution in [0.2, 0.25) is 0 Å². The second-order valence-corrected chi connectivity index (χ2v) is 10.3. The molecule has 9 heteroatoms. The van der Waals surface area contributed by atoms with Crippen LogP contribution in [-0.4, -0.2) is 66.6 Å². The molecule has 1 saturated heterocycles. The summed E-state index contributed by atoms with van der Waals surface area (Å²) >= 11 is 0. The standard InChI is InChI=1S/C28H44FN7O/c1-6-8-9-22(17-26(37)30-18-20(3)7-2)32-27-24(29)19-31-28(34-27)33-23-10-11-25(21(4)16-23)36-14-12-35(5)13-15-36/h10-11,16,19-20,22H,6-9,12-15,17-18H2,1-5H3,(H,30,37)(H2,31,32,33,34). The van der Waals surface area contributed by atoms with Gasteiger partial charge in [0.05, 0.1) is 6.20 Å². The fourth-order valence-corrected chi connectivity index (χ4v) is 4.39. The molecule has 0 bridgehead atoms. The van der Waals surface area contributed by atoms with E-state index in [0.29, 0.717) is 18.4 Å². The number of aromatic nitrogens is 2. The van der Waals surface area contributed by atoms with E-state index in [2.05, 4.69) is 82.6 Å². The van der Waals surface area contributed by atoms with Gasteiger partial charge in [-0.25, -0.2) is 9.37 Å². The van der Waals surface area contributed by atoms with E-state index in [1.807, 2.05) is 6.07 Å². The van der Waals surface area contributed by atoms with Crippen LogP contribution < -0.4 is 20.9 Å². The molecule has 8 nitrogen and oxygen atoms in total. The lowest BCUT2D eigenvalue weighted by Gasteiger charge is -2.35. The second kappa shape index (κ2) is 14.1. The van der Waals surface area contributed by atoms with Crippen LogP contribution in [0.3, 0.4) is 0 Å². The minimum absolute atomic E-state index is 0.0300. The first-order valence-electron chi connectivity index (χ1n) is 13.7. The average molecular weight is 514 g/mol. The maximum atomic E-state index is 14.7. The Morgan fingerprint density at radius 2 is 1.95 bits per heavy atom. The van der Waals surface area contributed by atoms with Gasteiger partial charge in [-0.2, -0.15) is 4.98 Å². The number of anilines is 4. The highest BCUT2D eigenvalue weighted by molar-refractivity contribution is 5.77. The molecule has 1 aromatic heterocycles. The number of likely N-dealkylation sites (N-methyl/N-ethyl adjacent to an activating group) is 1. The number of rotatable bonds is 13. The van der Waals surface area contributed by atoms with Crippen molar-refractivity contribution in [2.45, 2.75) is 65.8 Å². The second-order valence-electron chi connectivity index (χ2n) is 10.3. The van der Waals surface area contributed by atoms with Crippen LogP contribution in [0.4, 0.5) is 27.5 Å². The molecule has 204 valence electrons. The predicted molar refractivity (Wildman–Crippen MR) is 150 cm³/mol. The molecule has 2 aromatic rings. The summed E-state index contributed by atoms with van der Waals surface area (Å²) in [4.78, 5) is 25.8. The van der Waals surface area contributed by atoms with Crippen LogP contribution in [0.1, 0.15) is 58.4 Å². The van der Waals surface area contributed by atoms with Crippen molar-refractivity contribution in [2.24, 2.45) is 5.92 Å². The fraction of sp³-hybridized carbons (Fsp3) is 0.607. The van der Waals surface area contributed by atoms with E-state index in [1.165, 1.54) is 11.9 Å². The molecule has 2 atom stereocenters. The highest BCUT2D eigenvalue weighted by Crippen LogP contribution is 2.26. The first-order valence-corrected chi connectivity index (χ1v) is 13.7. The Bertz CT molecular complexity index is 1010. The number of halogens is 1. The van der Waals surface area contributed by atoms with Crippen LogP contribution in [0.25, 0.3) is 0 Å². The SMILES string of the molecule is CCCCC(CC(=O)NCC(C)CC)Nc1nc(Nc2ccc(N3CCN(C)CC3)c(C)c2)ncc1F. The molecule has 3 rings (SSSR count). The zero-order valence-corrected chi connectivity index (χ0v) is 23.1. The van der Waals surface area contributed by atoms with Crippen molar-refractivity contribution in [2.75, 3.05) is 55.3 Å². The van der Waals surface area contributed by atoms with Crippen molar-refractivity contribution < 1.29 is 9.18 Å². The van der Waals surface area contributed by atoms with Gasteiger partial charge in [-0.05, 0) is 50.1 Å². The molecule has 37 heavy (non-hydrogen) atoms. The average Bonchev–Trinajstić information content (AvgIpc) is 2.88.